The van der Waals surface area contributed by atoms with Crippen molar-refractivity contribution in [3.8, 4) is 5.75 Å². The lowest BCUT2D eigenvalue weighted by molar-refractivity contribution is -0.135. The lowest BCUT2D eigenvalue weighted by atomic mass is 9.87. The first kappa shape index (κ1) is 37.9. The molecule has 51 heavy (non-hydrogen) atoms. The van der Waals surface area contributed by atoms with E-state index in [-0.39, 0.29) is 47.9 Å². The van der Waals surface area contributed by atoms with Crippen molar-refractivity contribution >= 4 is 69.2 Å². The Morgan fingerprint density at radius 3 is 2.53 bits per heavy atom. The molecule has 5 rings (SSSR count). The molecule has 270 valence electrons. The molecular formula is C37H40Cl2FN5O5S. The summed E-state index contributed by atoms with van der Waals surface area (Å²) in [5, 5.41) is 19.8. The number of fused-ring (bicyclic) bond motifs is 3. The first-order valence-corrected chi connectivity index (χ1v) is 17.8. The Morgan fingerprint density at radius 1 is 1.12 bits per heavy atom. The summed E-state index contributed by atoms with van der Waals surface area (Å²) in [6.45, 7) is 3.84. The third-order valence-electron chi connectivity index (χ3n) is 9.31. The minimum Gasteiger partial charge on any atom is -0.508 e. The SMILES string of the molecule is CC[C@H](C)C(NC(=O)O[C@]1(NC(=O)[C@H](CCc2ccc(O)cc2)NC(=O)Cc2ccccc2F)CCc2[nH]c3c(Cl)cc(Cl)cc3c2C1)C(N)=S. The maximum atomic E-state index is 14.4. The molecule has 4 aromatic rings. The molecule has 0 spiro atoms. The van der Waals surface area contributed by atoms with Gasteiger partial charge in [-0.2, -0.15) is 0 Å². The van der Waals surface area contributed by atoms with Gasteiger partial charge in [0.2, 0.25) is 11.8 Å². The van der Waals surface area contributed by atoms with Crippen LogP contribution in [0.3, 0.4) is 0 Å². The van der Waals surface area contributed by atoms with Gasteiger partial charge in [0.1, 0.15) is 17.6 Å². The van der Waals surface area contributed by atoms with Gasteiger partial charge in [-0.1, -0.05) is 86.0 Å². The number of phenolic OH excluding ortho intramolecular Hbond substituents is 1. The molecule has 1 aromatic heterocycles. The van der Waals surface area contributed by atoms with Gasteiger partial charge in [-0.3, -0.25) is 9.59 Å². The zero-order valence-electron chi connectivity index (χ0n) is 28.2. The minimum atomic E-state index is -1.58. The average molecular weight is 757 g/mol. The van der Waals surface area contributed by atoms with Crippen molar-refractivity contribution in [1.82, 2.24) is 20.9 Å². The zero-order chi connectivity index (χ0) is 36.9. The van der Waals surface area contributed by atoms with E-state index < -0.39 is 41.5 Å². The first-order chi connectivity index (χ1) is 24.3. The summed E-state index contributed by atoms with van der Waals surface area (Å²) in [6, 6.07) is 14.0. The summed E-state index contributed by atoms with van der Waals surface area (Å²) < 4.78 is 20.6. The lowest BCUT2D eigenvalue weighted by Crippen LogP contribution is -2.61. The van der Waals surface area contributed by atoms with Gasteiger partial charge in [0, 0.05) is 28.9 Å². The largest absolute Gasteiger partial charge is 0.508 e. The number of aromatic hydroxyl groups is 1. The molecule has 1 aliphatic rings. The molecule has 0 aliphatic heterocycles. The van der Waals surface area contributed by atoms with Crippen LogP contribution in [0.2, 0.25) is 10.0 Å². The number of phenols is 1. The van der Waals surface area contributed by atoms with Crippen molar-refractivity contribution in [1.29, 1.82) is 0 Å². The molecule has 1 unspecified atom stereocenters. The van der Waals surface area contributed by atoms with Crippen molar-refractivity contribution in [3.63, 3.8) is 0 Å². The van der Waals surface area contributed by atoms with E-state index in [4.69, 9.17) is 45.9 Å². The second kappa shape index (κ2) is 16.3. The van der Waals surface area contributed by atoms with Crippen LogP contribution in [0.1, 0.15) is 55.5 Å². The Morgan fingerprint density at radius 2 is 1.84 bits per heavy atom. The molecule has 7 N–H and O–H groups in total. The molecule has 0 saturated heterocycles. The van der Waals surface area contributed by atoms with E-state index >= 15 is 0 Å². The van der Waals surface area contributed by atoms with Crippen LogP contribution >= 0.6 is 35.4 Å². The standard InChI is InChI=1S/C37H40Cl2FN5O5S/c1-3-20(2)32(34(41)51)44-36(49)50-37(15-14-29-26(19-37)25-17-23(38)18-27(39)33(25)43-29)45-35(48)30(13-10-21-8-11-24(46)12-9-21)42-31(47)16-22-6-4-5-7-28(22)40/h4-9,11-12,17-18,20,30,32,43,46H,3,10,13-16,19H2,1-2H3,(H2,41,51)(H,42,47)(H,44,49)(H,45,48)/t20-,30-,32?,37+/m0/s1. The van der Waals surface area contributed by atoms with E-state index in [1.165, 1.54) is 30.3 Å². The van der Waals surface area contributed by atoms with Crippen molar-refractivity contribution < 1.29 is 28.6 Å². The van der Waals surface area contributed by atoms with E-state index in [0.29, 0.717) is 40.2 Å². The van der Waals surface area contributed by atoms with Gasteiger partial charge < -0.3 is 36.5 Å². The van der Waals surface area contributed by atoms with E-state index in [9.17, 15) is 23.9 Å². The number of halogens is 3. The van der Waals surface area contributed by atoms with E-state index in [0.717, 1.165) is 16.8 Å². The number of amides is 3. The normalized spacial score (nSPS) is 17.1. The molecule has 3 aromatic carbocycles. The number of hydrogen-bond donors (Lipinski definition) is 6. The molecule has 14 heteroatoms. The fourth-order valence-corrected chi connectivity index (χ4v) is 7.17. The molecule has 0 saturated carbocycles. The Bertz CT molecular complexity index is 1940. The van der Waals surface area contributed by atoms with Gasteiger partial charge >= 0.3 is 6.09 Å². The summed E-state index contributed by atoms with van der Waals surface area (Å²) in [5.41, 5.74) is 7.64. The van der Waals surface area contributed by atoms with Crippen LogP contribution < -0.4 is 21.7 Å². The number of aryl methyl sites for hydroxylation is 2. The third-order valence-corrected chi connectivity index (χ3v) is 10.1. The first-order valence-electron chi connectivity index (χ1n) is 16.7. The number of thiocarbonyl (C=S) groups is 1. The number of carbonyl (C=O) groups excluding carboxylic acids is 3. The number of carbonyl (C=O) groups is 3. The van der Waals surface area contributed by atoms with Gasteiger partial charge in [0.15, 0.2) is 5.72 Å². The molecule has 10 nitrogen and oxygen atoms in total. The zero-order valence-corrected chi connectivity index (χ0v) is 30.5. The summed E-state index contributed by atoms with van der Waals surface area (Å²) in [6.07, 6.45) is 0.628. The van der Waals surface area contributed by atoms with Crippen LogP contribution in [0.5, 0.6) is 5.75 Å². The Balaban J connectivity index is 1.46. The summed E-state index contributed by atoms with van der Waals surface area (Å²) in [4.78, 5) is 44.6. The number of aromatic amines is 1. The second-order valence-corrected chi connectivity index (χ2v) is 14.3. The second-order valence-electron chi connectivity index (χ2n) is 12.9. The number of ether oxygens (including phenoxy) is 1. The summed E-state index contributed by atoms with van der Waals surface area (Å²) in [7, 11) is 0. The van der Waals surface area contributed by atoms with Gasteiger partial charge in [-0.05, 0) is 72.2 Å². The molecule has 0 fully saturated rings. The predicted molar refractivity (Wildman–Crippen MR) is 199 cm³/mol. The molecular weight excluding hydrogens is 716 g/mol. The highest BCUT2D eigenvalue weighted by Gasteiger charge is 2.43. The Labute approximate surface area is 310 Å². The van der Waals surface area contributed by atoms with E-state index in [1.807, 2.05) is 13.8 Å². The smallest absolute Gasteiger partial charge is 0.409 e. The van der Waals surface area contributed by atoms with Gasteiger partial charge in [0.25, 0.3) is 0 Å². The molecule has 1 aliphatic carbocycles. The van der Waals surface area contributed by atoms with Crippen molar-refractivity contribution in [2.45, 2.75) is 76.6 Å². The fraction of sp³-hybridized carbons (Fsp3) is 0.351. The number of nitrogens with two attached hydrogens (primary N) is 1. The Hall–Kier alpha value is -4.39. The molecule has 0 bridgehead atoms. The highest BCUT2D eigenvalue weighted by molar-refractivity contribution is 7.80. The highest BCUT2D eigenvalue weighted by atomic mass is 35.5. The monoisotopic (exact) mass is 755 g/mol. The summed E-state index contributed by atoms with van der Waals surface area (Å²) >= 11 is 18.1. The summed E-state index contributed by atoms with van der Waals surface area (Å²) in [5.74, 6) is -1.73. The number of H-pyrrole nitrogens is 1. The topological polar surface area (TPSA) is 159 Å². The minimum absolute atomic E-state index is 0.0487. The van der Waals surface area contributed by atoms with Gasteiger partial charge in [-0.25, -0.2) is 9.18 Å². The number of rotatable bonds is 13. The maximum Gasteiger partial charge on any atom is 0.409 e. The van der Waals surface area contributed by atoms with E-state index in [2.05, 4.69) is 20.9 Å². The third kappa shape index (κ3) is 9.29. The van der Waals surface area contributed by atoms with Crippen molar-refractivity contribution in [2.24, 2.45) is 11.7 Å². The van der Waals surface area contributed by atoms with Crippen molar-refractivity contribution in [2.75, 3.05) is 0 Å². The van der Waals surface area contributed by atoms with Crippen LogP contribution in [0.15, 0.2) is 60.7 Å². The van der Waals surface area contributed by atoms with Gasteiger partial charge in [-0.15, -0.1) is 0 Å². The van der Waals surface area contributed by atoms with E-state index in [1.54, 1.807) is 30.3 Å². The molecule has 3 amide bonds. The quantitative estimate of drug-likeness (QED) is 0.0680. The number of hydrogen-bond acceptors (Lipinski definition) is 6. The maximum absolute atomic E-state index is 14.4. The van der Waals surface area contributed by atoms with Crippen LogP contribution in [0.4, 0.5) is 9.18 Å². The number of nitrogens with one attached hydrogen (secondary N) is 4. The van der Waals surface area contributed by atoms with Crippen LogP contribution in [0.25, 0.3) is 10.9 Å². The number of aromatic nitrogens is 1. The predicted octanol–water partition coefficient (Wildman–Crippen LogP) is 6.41. The van der Waals surface area contributed by atoms with Crippen LogP contribution in [-0.2, 0) is 40.0 Å². The van der Waals surface area contributed by atoms with Gasteiger partial charge in [0.05, 0.1) is 28.0 Å². The highest BCUT2D eigenvalue weighted by Crippen LogP contribution is 2.38. The van der Waals surface area contributed by atoms with Crippen LogP contribution in [-0.4, -0.2) is 50.8 Å². The molecule has 0 radical (unpaired) electrons. The number of benzene rings is 3. The molecule has 4 atom stereocenters. The Kier molecular flexibility index (Phi) is 12.1. The number of alkyl carbamates (subject to hydrolysis) is 1. The lowest BCUT2D eigenvalue weighted by Gasteiger charge is -2.39. The fourth-order valence-electron chi connectivity index (χ4n) is 6.34. The van der Waals surface area contributed by atoms with Crippen LogP contribution in [0, 0.1) is 11.7 Å². The van der Waals surface area contributed by atoms with Crippen molar-refractivity contribution in [3.05, 3.63) is 98.9 Å². The average Bonchev–Trinajstić information content (AvgIpc) is 3.44. The molecule has 1 heterocycles.